The van der Waals surface area contributed by atoms with Crippen LogP contribution in [-0.4, -0.2) is 156 Å². The molecule has 0 fully saturated rings. The van der Waals surface area contributed by atoms with Gasteiger partial charge in [-0.1, -0.05) is 96.5 Å². The van der Waals surface area contributed by atoms with E-state index in [1.54, 1.807) is 27.0 Å². The van der Waals surface area contributed by atoms with Gasteiger partial charge in [-0.3, -0.25) is 58.8 Å². The van der Waals surface area contributed by atoms with E-state index in [0.29, 0.717) is 12.0 Å². The fourth-order valence-corrected chi connectivity index (χ4v) is 8.76. The van der Waals surface area contributed by atoms with Crippen molar-refractivity contribution in [1.29, 1.82) is 10.8 Å². The SMILES string of the molecule is CC[C@H](C)[C@H](NC(=O)[C@@H](N)Cc1ccccc1)C(=O)N[C@@H](C)C(=O)N[C@@H](Cc1c[nH]c2ccccc12)C(=O)N[C@@H](CC(C)C)C(=O)N[C@H](C(=O)N[C@@H](CCCNC(=N)N)C(=O)NCC(=O)N[C@@H](CCCNC(=N)N)C(=O)NCC(=O)O)C(C)C. The maximum Gasteiger partial charge on any atom is 0.322 e. The zero-order valence-electron chi connectivity index (χ0n) is 48.9. The Kier molecular flexibility index (Phi) is 29.1. The Hall–Kier alpha value is -8.82. The largest absolute Gasteiger partial charge is 0.480 e. The van der Waals surface area contributed by atoms with Gasteiger partial charge in [0.05, 0.1) is 12.6 Å². The van der Waals surface area contributed by atoms with E-state index >= 15 is 0 Å². The van der Waals surface area contributed by atoms with E-state index in [1.807, 2.05) is 75.4 Å². The molecule has 0 saturated heterocycles. The highest BCUT2D eigenvalue weighted by Crippen LogP contribution is 2.20. The van der Waals surface area contributed by atoms with Gasteiger partial charge in [0.1, 0.15) is 48.8 Å². The zero-order chi connectivity index (χ0) is 62.6. The number of nitrogens with two attached hydrogens (primary N) is 3. The second-order valence-corrected chi connectivity index (χ2v) is 21.4. The average molecular weight is 1170 g/mol. The fraction of sp³-hybridized carbons (Fsp3) is 0.536. The number of amides is 9. The highest BCUT2D eigenvalue weighted by atomic mass is 16.4. The van der Waals surface area contributed by atoms with Crippen LogP contribution in [-0.2, 0) is 60.8 Å². The lowest BCUT2D eigenvalue weighted by atomic mass is 9.97. The summed E-state index contributed by atoms with van der Waals surface area (Å²) in [5.74, 6) is -9.99. The third-order valence-corrected chi connectivity index (χ3v) is 13.6. The first kappa shape index (κ1) is 69.4. The summed E-state index contributed by atoms with van der Waals surface area (Å²) < 4.78 is 0. The minimum Gasteiger partial charge on any atom is -0.480 e. The summed E-state index contributed by atoms with van der Waals surface area (Å²) in [6, 6.07) is 6.70. The van der Waals surface area contributed by atoms with Crippen LogP contribution >= 0.6 is 0 Å². The molecule has 28 nitrogen and oxygen atoms in total. The standard InChI is InChI=1S/C56H87N17O11/c1-8-32(6)46(73-48(78)37(57)25-34-16-10-9-11-17-34)54(84)67-33(7)47(77)70-42(26-35-27-64-38-19-13-12-18-36(35)38)51(81)71-41(24-30(2)3)52(82)72-45(31(4)5)53(83)69-40(21-15-23-63-56(60)61)50(80)65-28-43(74)68-39(20-14-22-62-55(58)59)49(79)66-29-44(75)76/h9-13,16-19,27,30-33,37,39-42,45-46,64H,8,14-15,20-26,28-29,57H2,1-7H3,(H,65,80)(H,66,79)(H,67,84)(H,68,74)(H,69,83)(H,70,77)(H,71,81)(H,72,82)(H,73,78)(H,75,76)(H4,58,59,62)(H4,60,61,63)/t32-,33-,37-,39-,40-,41-,42-,45-,46-/m0/s1. The van der Waals surface area contributed by atoms with Crippen LogP contribution in [0, 0.1) is 28.6 Å². The van der Waals surface area contributed by atoms with Crippen molar-refractivity contribution in [2.45, 2.75) is 148 Å². The van der Waals surface area contributed by atoms with E-state index in [1.165, 1.54) is 6.92 Å². The fourth-order valence-electron chi connectivity index (χ4n) is 8.76. The van der Waals surface area contributed by atoms with Crippen LogP contribution in [0.3, 0.4) is 0 Å². The molecule has 3 rings (SSSR count). The number of aromatic amines is 1. The van der Waals surface area contributed by atoms with Gasteiger partial charge in [-0.25, -0.2) is 0 Å². The third kappa shape index (κ3) is 24.3. The molecule has 0 saturated carbocycles. The minimum atomic E-state index is -1.34. The van der Waals surface area contributed by atoms with E-state index in [2.05, 4.69) is 63.5 Å². The van der Waals surface area contributed by atoms with Crippen LogP contribution in [0.4, 0.5) is 0 Å². The Morgan fingerprint density at radius 1 is 0.560 bits per heavy atom. The highest BCUT2D eigenvalue weighted by molar-refractivity contribution is 5.98. The monoisotopic (exact) mass is 1170 g/mol. The molecule has 28 heteroatoms. The van der Waals surface area contributed by atoms with E-state index in [9.17, 15) is 47.9 Å². The lowest BCUT2D eigenvalue weighted by Crippen LogP contribution is -2.61. The maximum atomic E-state index is 14.6. The summed E-state index contributed by atoms with van der Waals surface area (Å²) in [4.78, 5) is 139. The number of para-hydroxylation sites is 1. The third-order valence-electron chi connectivity index (χ3n) is 13.6. The molecule has 462 valence electrons. The second-order valence-electron chi connectivity index (χ2n) is 21.4. The molecule has 0 aliphatic heterocycles. The van der Waals surface area contributed by atoms with Crippen molar-refractivity contribution in [2.75, 3.05) is 26.2 Å². The van der Waals surface area contributed by atoms with Gasteiger partial charge in [0, 0.05) is 36.6 Å². The molecule has 2 aromatic carbocycles. The van der Waals surface area contributed by atoms with Crippen molar-refractivity contribution in [1.82, 2.24) is 63.5 Å². The Morgan fingerprint density at radius 3 is 1.65 bits per heavy atom. The van der Waals surface area contributed by atoms with Gasteiger partial charge in [0.2, 0.25) is 53.2 Å². The van der Waals surface area contributed by atoms with Crippen LogP contribution in [0.25, 0.3) is 10.9 Å². The molecule has 0 aliphatic carbocycles. The van der Waals surface area contributed by atoms with Crippen LogP contribution in [0.2, 0.25) is 0 Å². The second kappa shape index (κ2) is 35.2. The van der Waals surface area contributed by atoms with Crippen molar-refractivity contribution in [3.8, 4) is 0 Å². The van der Waals surface area contributed by atoms with Crippen LogP contribution in [0.5, 0.6) is 0 Å². The van der Waals surface area contributed by atoms with Gasteiger partial charge in [-0.05, 0) is 80.4 Å². The molecule has 0 radical (unpaired) electrons. The van der Waals surface area contributed by atoms with Gasteiger partial charge in [0.15, 0.2) is 11.9 Å². The van der Waals surface area contributed by atoms with E-state index < -0.39 is 126 Å². The number of carboxylic acid groups (broad SMARTS) is 1. The van der Waals surface area contributed by atoms with Crippen molar-refractivity contribution in [3.63, 3.8) is 0 Å². The number of carbonyl (C=O) groups is 10. The number of nitrogens with one attached hydrogen (secondary N) is 14. The number of hydrogen-bond donors (Lipinski definition) is 18. The minimum absolute atomic E-state index is 0.00381. The number of aromatic nitrogens is 1. The molecular weight excluding hydrogens is 1090 g/mol. The molecule has 0 aliphatic rings. The normalized spacial score (nSPS) is 14.3. The molecule has 3 aromatic rings. The van der Waals surface area contributed by atoms with Gasteiger partial charge in [-0.2, -0.15) is 0 Å². The maximum absolute atomic E-state index is 14.6. The zero-order valence-corrected chi connectivity index (χ0v) is 48.9. The first-order chi connectivity index (χ1) is 39.7. The molecule has 9 atom stereocenters. The smallest absolute Gasteiger partial charge is 0.322 e. The van der Waals surface area contributed by atoms with Crippen molar-refractivity contribution >= 4 is 82.0 Å². The van der Waals surface area contributed by atoms with Crippen molar-refractivity contribution in [2.24, 2.45) is 35.0 Å². The number of benzene rings is 2. The quantitative estimate of drug-likeness (QED) is 0.0175. The van der Waals surface area contributed by atoms with Crippen LogP contribution < -0.4 is 75.7 Å². The summed E-state index contributed by atoms with van der Waals surface area (Å²) >= 11 is 0. The van der Waals surface area contributed by atoms with Gasteiger partial charge < -0.3 is 85.8 Å². The molecule has 21 N–H and O–H groups in total. The summed E-state index contributed by atoms with van der Waals surface area (Å²) in [6.45, 7) is 10.8. The molecule has 0 spiro atoms. The molecule has 1 aromatic heterocycles. The molecular formula is C56H87N17O11. The topological polar surface area (TPSA) is 465 Å². The number of guanidine groups is 2. The average Bonchev–Trinajstić information content (AvgIpc) is 4.12. The number of hydrogen-bond acceptors (Lipinski definition) is 13. The number of aliphatic carboxylic acids is 1. The number of carboxylic acids is 1. The van der Waals surface area contributed by atoms with Gasteiger partial charge in [-0.15, -0.1) is 0 Å². The number of fused-ring (bicyclic) bond motifs is 1. The summed E-state index contributed by atoms with van der Waals surface area (Å²) in [5.41, 5.74) is 19.2. The van der Waals surface area contributed by atoms with E-state index in [4.69, 9.17) is 33.1 Å². The van der Waals surface area contributed by atoms with Crippen molar-refractivity contribution < 1.29 is 53.1 Å². The van der Waals surface area contributed by atoms with Gasteiger partial charge in [0.25, 0.3) is 0 Å². The molecule has 84 heavy (non-hydrogen) atoms. The predicted octanol–water partition coefficient (Wildman–Crippen LogP) is -1.71. The van der Waals surface area contributed by atoms with Crippen LogP contribution in [0.1, 0.15) is 98.1 Å². The lowest BCUT2D eigenvalue weighted by Gasteiger charge is -2.29. The Labute approximate surface area is 489 Å². The van der Waals surface area contributed by atoms with Crippen LogP contribution in [0.15, 0.2) is 60.8 Å². The first-order valence-corrected chi connectivity index (χ1v) is 28.1. The number of carbonyl (C=O) groups excluding carboxylic acids is 9. The van der Waals surface area contributed by atoms with E-state index in [-0.39, 0.29) is 81.8 Å². The molecule has 0 unspecified atom stereocenters. The Balaban J connectivity index is 1.84. The molecule has 1 heterocycles. The Morgan fingerprint density at radius 2 is 1.08 bits per heavy atom. The number of rotatable bonds is 36. The molecule has 0 bridgehead atoms. The van der Waals surface area contributed by atoms with Crippen molar-refractivity contribution in [3.05, 3.63) is 71.9 Å². The summed E-state index contributed by atoms with van der Waals surface area (Å²) in [5, 5.41) is 53.3. The summed E-state index contributed by atoms with van der Waals surface area (Å²) in [7, 11) is 0. The first-order valence-electron chi connectivity index (χ1n) is 28.1. The molecule has 9 amide bonds. The predicted molar refractivity (Wildman–Crippen MR) is 315 cm³/mol. The summed E-state index contributed by atoms with van der Waals surface area (Å²) in [6.07, 6.45) is 2.74. The number of H-pyrrole nitrogens is 1. The highest BCUT2D eigenvalue weighted by Gasteiger charge is 2.35. The van der Waals surface area contributed by atoms with E-state index in [0.717, 1.165) is 16.5 Å². The lowest BCUT2D eigenvalue weighted by molar-refractivity contribution is -0.138. The Bertz CT molecular complexity index is 2740. The van der Waals surface area contributed by atoms with Gasteiger partial charge >= 0.3 is 5.97 Å².